The van der Waals surface area contributed by atoms with Gasteiger partial charge in [-0.25, -0.2) is 4.98 Å². The fourth-order valence-electron chi connectivity index (χ4n) is 3.49. The fourth-order valence-corrected chi connectivity index (χ4v) is 3.49. The van der Waals surface area contributed by atoms with Gasteiger partial charge in [-0.1, -0.05) is 6.92 Å². The lowest BCUT2D eigenvalue weighted by atomic mass is 10.1. The Hall–Kier alpha value is -2.64. The van der Waals surface area contributed by atoms with Gasteiger partial charge in [0.15, 0.2) is 5.65 Å². The van der Waals surface area contributed by atoms with E-state index in [9.17, 15) is 0 Å². The molecule has 1 fully saturated rings. The molecule has 0 saturated carbocycles. The maximum absolute atomic E-state index is 6.11. The lowest BCUT2D eigenvalue weighted by Crippen LogP contribution is -2.38. The summed E-state index contributed by atoms with van der Waals surface area (Å²) in [6.45, 7) is 3.95. The fraction of sp³-hybridized carbons (Fsp3) is 0.500. The normalized spacial score (nSPS) is 18.4. The summed E-state index contributed by atoms with van der Waals surface area (Å²) in [5.74, 6) is 2.30. The second-order valence-electron chi connectivity index (χ2n) is 6.26. The number of fused-ring (bicyclic) bond motifs is 1. The van der Waals surface area contributed by atoms with Gasteiger partial charge in [-0.15, -0.1) is 0 Å². The number of aryl methyl sites for hydroxylation is 2. The molecule has 3 aromatic heterocycles. The number of aromatic nitrogens is 6. The number of hydrogen-bond donors (Lipinski definition) is 1. The second kappa shape index (κ2) is 5.77. The van der Waals surface area contributed by atoms with Crippen LogP contribution < -0.4 is 10.6 Å². The molecule has 1 atom stereocenters. The Morgan fingerprint density at radius 1 is 1.33 bits per heavy atom. The van der Waals surface area contributed by atoms with Gasteiger partial charge >= 0.3 is 0 Å². The van der Waals surface area contributed by atoms with Crippen molar-refractivity contribution in [3.05, 3.63) is 24.4 Å². The Labute approximate surface area is 140 Å². The van der Waals surface area contributed by atoms with Crippen LogP contribution in [0, 0.1) is 0 Å². The Morgan fingerprint density at radius 2 is 2.21 bits per heavy atom. The van der Waals surface area contributed by atoms with Gasteiger partial charge in [0.1, 0.15) is 11.6 Å². The predicted molar refractivity (Wildman–Crippen MR) is 92.8 cm³/mol. The standard InChI is InChI=1S/C16H22N8/c1-3-13-18-6-8-24(13)11-5-4-7-23(10-11)16-20-14(17)12-9-19-22(2)15(12)21-16/h6,8-9,11H,3-5,7,10H2,1-2H3,(H2,17,20,21). The highest BCUT2D eigenvalue weighted by molar-refractivity contribution is 5.86. The Kier molecular flexibility index (Phi) is 3.59. The van der Waals surface area contributed by atoms with E-state index in [1.807, 2.05) is 13.2 Å². The third kappa shape index (κ3) is 2.38. The lowest BCUT2D eigenvalue weighted by molar-refractivity contribution is 0.393. The molecule has 0 amide bonds. The summed E-state index contributed by atoms with van der Waals surface area (Å²) in [6.07, 6.45) is 8.85. The van der Waals surface area contributed by atoms with Crippen molar-refractivity contribution in [1.82, 2.24) is 29.3 Å². The van der Waals surface area contributed by atoms with Crippen LogP contribution >= 0.6 is 0 Å². The highest BCUT2D eigenvalue weighted by Crippen LogP contribution is 2.27. The first-order valence-corrected chi connectivity index (χ1v) is 8.39. The van der Waals surface area contributed by atoms with Crippen LogP contribution in [0.5, 0.6) is 0 Å². The van der Waals surface area contributed by atoms with Crippen LogP contribution in [0.3, 0.4) is 0 Å². The zero-order valence-electron chi connectivity index (χ0n) is 14.1. The molecule has 4 rings (SSSR count). The molecule has 1 saturated heterocycles. The van der Waals surface area contributed by atoms with E-state index in [0.717, 1.165) is 49.2 Å². The lowest BCUT2D eigenvalue weighted by Gasteiger charge is -2.34. The molecule has 2 N–H and O–H groups in total. The molecular formula is C16H22N8. The first kappa shape index (κ1) is 14.9. The van der Waals surface area contributed by atoms with Gasteiger partial charge < -0.3 is 15.2 Å². The van der Waals surface area contributed by atoms with Crippen molar-refractivity contribution in [2.45, 2.75) is 32.2 Å². The van der Waals surface area contributed by atoms with Crippen molar-refractivity contribution in [2.24, 2.45) is 7.05 Å². The predicted octanol–water partition coefficient (Wildman–Crippen LogP) is 1.55. The van der Waals surface area contributed by atoms with Crippen LogP contribution in [-0.2, 0) is 13.5 Å². The molecule has 4 heterocycles. The molecule has 8 nitrogen and oxygen atoms in total. The van der Waals surface area contributed by atoms with Gasteiger partial charge in [-0.05, 0) is 12.8 Å². The van der Waals surface area contributed by atoms with Crippen molar-refractivity contribution in [1.29, 1.82) is 0 Å². The summed E-state index contributed by atoms with van der Waals surface area (Å²) < 4.78 is 4.03. The zero-order chi connectivity index (χ0) is 16.7. The third-order valence-corrected chi connectivity index (χ3v) is 4.75. The van der Waals surface area contributed by atoms with E-state index in [2.05, 4.69) is 42.6 Å². The maximum Gasteiger partial charge on any atom is 0.229 e. The Bertz CT molecular complexity index is 864. The summed E-state index contributed by atoms with van der Waals surface area (Å²) in [7, 11) is 1.87. The first-order chi connectivity index (χ1) is 11.7. The molecule has 0 aliphatic carbocycles. The molecule has 24 heavy (non-hydrogen) atoms. The number of rotatable bonds is 3. The number of piperidine rings is 1. The summed E-state index contributed by atoms with van der Waals surface area (Å²) >= 11 is 0. The van der Waals surface area contributed by atoms with E-state index < -0.39 is 0 Å². The first-order valence-electron chi connectivity index (χ1n) is 8.39. The van der Waals surface area contributed by atoms with Crippen molar-refractivity contribution in [3.63, 3.8) is 0 Å². The summed E-state index contributed by atoms with van der Waals surface area (Å²) in [5, 5.41) is 5.03. The molecular weight excluding hydrogens is 304 g/mol. The van der Waals surface area contributed by atoms with Gasteiger partial charge in [0.25, 0.3) is 0 Å². The third-order valence-electron chi connectivity index (χ3n) is 4.75. The largest absolute Gasteiger partial charge is 0.383 e. The number of nitrogens with zero attached hydrogens (tertiary/aromatic N) is 7. The van der Waals surface area contributed by atoms with Crippen LogP contribution in [0.25, 0.3) is 11.0 Å². The number of hydrogen-bond acceptors (Lipinski definition) is 6. The van der Waals surface area contributed by atoms with Crippen molar-refractivity contribution < 1.29 is 0 Å². The van der Waals surface area contributed by atoms with Gasteiger partial charge in [-0.3, -0.25) is 4.68 Å². The van der Waals surface area contributed by atoms with E-state index in [1.54, 1.807) is 10.9 Å². The minimum atomic E-state index is 0.392. The smallest absolute Gasteiger partial charge is 0.229 e. The molecule has 0 radical (unpaired) electrons. The Morgan fingerprint density at radius 3 is 3.04 bits per heavy atom. The molecule has 126 valence electrons. The van der Waals surface area contributed by atoms with E-state index in [0.29, 0.717) is 17.8 Å². The molecule has 1 aliphatic rings. The monoisotopic (exact) mass is 326 g/mol. The summed E-state index contributed by atoms with van der Waals surface area (Å²) in [6, 6.07) is 0.392. The van der Waals surface area contributed by atoms with Gasteiger partial charge in [0, 0.05) is 39.0 Å². The minimum absolute atomic E-state index is 0.392. The van der Waals surface area contributed by atoms with Gasteiger partial charge in [0.2, 0.25) is 5.95 Å². The van der Waals surface area contributed by atoms with Crippen molar-refractivity contribution in [2.75, 3.05) is 23.7 Å². The molecule has 0 spiro atoms. The van der Waals surface area contributed by atoms with Gasteiger partial charge in [-0.2, -0.15) is 15.1 Å². The van der Waals surface area contributed by atoms with Crippen LogP contribution in [0.4, 0.5) is 11.8 Å². The number of imidazole rings is 1. The molecule has 0 aromatic carbocycles. The second-order valence-corrected chi connectivity index (χ2v) is 6.26. The summed E-state index contributed by atoms with van der Waals surface area (Å²) in [4.78, 5) is 15.9. The van der Waals surface area contributed by atoms with Crippen LogP contribution in [0.15, 0.2) is 18.6 Å². The molecule has 1 aliphatic heterocycles. The highest BCUT2D eigenvalue weighted by Gasteiger charge is 2.25. The quantitative estimate of drug-likeness (QED) is 0.785. The number of nitrogen functional groups attached to an aromatic ring is 1. The molecule has 0 bridgehead atoms. The van der Waals surface area contributed by atoms with Crippen LogP contribution in [-0.4, -0.2) is 42.4 Å². The SMILES string of the molecule is CCc1nccn1C1CCCN(c2nc(N)c3cnn(C)c3n2)C1. The van der Waals surface area contributed by atoms with Crippen LogP contribution in [0.2, 0.25) is 0 Å². The average Bonchev–Trinajstić information content (AvgIpc) is 3.22. The highest BCUT2D eigenvalue weighted by atomic mass is 15.3. The molecule has 1 unspecified atom stereocenters. The van der Waals surface area contributed by atoms with E-state index >= 15 is 0 Å². The number of anilines is 2. The van der Waals surface area contributed by atoms with E-state index in [-0.39, 0.29) is 0 Å². The van der Waals surface area contributed by atoms with E-state index in [1.165, 1.54) is 0 Å². The van der Waals surface area contributed by atoms with E-state index in [4.69, 9.17) is 5.73 Å². The van der Waals surface area contributed by atoms with Crippen molar-refractivity contribution in [3.8, 4) is 0 Å². The van der Waals surface area contributed by atoms with Gasteiger partial charge in [0.05, 0.1) is 17.6 Å². The van der Waals surface area contributed by atoms with Crippen molar-refractivity contribution >= 4 is 22.8 Å². The average molecular weight is 326 g/mol. The zero-order valence-corrected chi connectivity index (χ0v) is 14.1. The molecule has 8 heteroatoms. The Balaban J connectivity index is 1.66. The maximum atomic E-state index is 6.11. The van der Waals surface area contributed by atoms with Crippen LogP contribution in [0.1, 0.15) is 31.6 Å². The summed E-state index contributed by atoms with van der Waals surface area (Å²) in [5.41, 5.74) is 6.88. The minimum Gasteiger partial charge on any atom is -0.383 e. The number of nitrogens with two attached hydrogens (primary N) is 1. The topological polar surface area (TPSA) is 90.7 Å². The molecule has 3 aromatic rings.